The number of carbonyl (C=O) groups is 2. The van der Waals surface area contributed by atoms with E-state index in [9.17, 15) is 9.59 Å². The third kappa shape index (κ3) is 4.79. The van der Waals surface area contributed by atoms with E-state index in [1.54, 1.807) is 24.1 Å². The Bertz CT molecular complexity index is 955. The lowest BCUT2D eigenvalue weighted by Crippen LogP contribution is -2.43. The maximum atomic E-state index is 12.5. The first-order valence-corrected chi connectivity index (χ1v) is 9.02. The fourth-order valence-electron chi connectivity index (χ4n) is 3.00. The number of primary amides is 1. The molecule has 3 aromatic rings. The van der Waals surface area contributed by atoms with Crippen molar-refractivity contribution in [3.8, 4) is 11.3 Å². The van der Waals surface area contributed by atoms with Crippen molar-refractivity contribution >= 4 is 23.5 Å². The monoisotopic (exact) mass is 397 g/mol. The fourth-order valence-corrected chi connectivity index (χ4v) is 3.13. The number of urea groups is 1. The van der Waals surface area contributed by atoms with Crippen LogP contribution in [-0.4, -0.2) is 23.9 Å². The maximum Gasteiger partial charge on any atom is 0.318 e. The Labute approximate surface area is 167 Å². The molecule has 144 valence electrons. The van der Waals surface area contributed by atoms with Gasteiger partial charge in [0.15, 0.2) is 0 Å². The molecule has 3 amide bonds. The van der Waals surface area contributed by atoms with Gasteiger partial charge in [0.1, 0.15) is 17.6 Å². The van der Waals surface area contributed by atoms with Gasteiger partial charge in [-0.05, 0) is 49.0 Å². The molecular weight excluding hydrogens is 378 g/mol. The first-order chi connectivity index (χ1) is 13.4. The molecule has 1 aromatic heterocycles. The Kier molecular flexibility index (Phi) is 6.13. The average molecular weight is 398 g/mol. The second-order valence-corrected chi connectivity index (χ2v) is 6.79. The SMILES string of the molecule is CN(Cc1ccc(-c2ccc(Cl)cc2)o1)[C@H](C(=O)NC(N)=O)c1ccccc1. The molecule has 2 aromatic carbocycles. The van der Waals surface area contributed by atoms with Crippen molar-refractivity contribution in [1.82, 2.24) is 10.2 Å². The molecule has 0 spiro atoms. The van der Waals surface area contributed by atoms with Crippen molar-refractivity contribution in [2.75, 3.05) is 7.05 Å². The first kappa shape index (κ1) is 19.7. The number of furan rings is 1. The predicted molar refractivity (Wildman–Crippen MR) is 108 cm³/mol. The third-order valence-electron chi connectivity index (χ3n) is 4.25. The van der Waals surface area contributed by atoms with E-state index in [0.717, 1.165) is 11.1 Å². The molecule has 0 aliphatic rings. The van der Waals surface area contributed by atoms with Gasteiger partial charge < -0.3 is 10.2 Å². The van der Waals surface area contributed by atoms with Crippen LogP contribution in [0.3, 0.4) is 0 Å². The summed E-state index contributed by atoms with van der Waals surface area (Å²) in [6, 6.07) is 18.7. The van der Waals surface area contributed by atoms with Crippen LogP contribution in [0.5, 0.6) is 0 Å². The summed E-state index contributed by atoms with van der Waals surface area (Å²) in [5.41, 5.74) is 6.77. The molecule has 7 heteroatoms. The van der Waals surface area contributed by atoms with E-state index in [2.05, 4.69) is 5.32 Å². The number of carbonyl (C=O) groups excluding carboxylic acids is 2. The molecule has 0 aliphatic carbocycles. The highest BCUT2D eigenvalue weighted by molar-refractivity contribution is 6.30. The molecule has 3 N–H and O–H groups in total. The standard InChI is InChI=1S/C21H20ClN3O3/c1-25(19(20(26)24-21(23)27)15-5-3-2-4-6-15)13-17-11-12-18(28-17)14-7-9-16(22)10-8-14/h2-12,19H,13H2,1H3,(H3,23,24,26,27)/t19-/m0/s1. The van der Waals surface area contributed by atoms with Gasteiger partial charge in [-0.25, -0.2) is 4.79 Å². The molecule has 3 rings (SSSR count). The number of imide groups is 1. The van der Waals surface area contributed by atoms with E-state index < -0.39 is 18.0 Å². The summed E-state index contributed by atoms with van der Waals surface area (Å²) in [5, 5.41) is 2.81. The van der Waals surface area contributed by atoms with E-state index in [1.807, 2.05) is 54.6 Å². The smallest absolute Gasteiger partial charge is 0.318 e. The first-order valence-electron chi connectivity index (χ1n) is 8.64. The number of nitrogens with one attached hydrogen (secondary N) is 1. The van der Waals surface area contributed by atoms with E-state index in [-0.39, 0.29) is 0 Å². The third-order valence-corrected chi connectivity index (χ3v) is 4.50. The van der Waals surface area contributed by atoms with Gasteiger partial charge in [0, 0.05) is 10.6 Å². The van der Waals surface area contributed by atoms with Gasteiger partial charge in [0.2, 0.25) is 5.91 Å². The minimum absolute atomic E-state index is 0.360. The van der Waals surface area contributed by atoms with Gasteiger partial charge in [-0.3, -0.25) is 15.0 Å². The molecular formula is C21H20ClN3O3. The zero-order valence-electron chi connectivity index (χ0n) is 15.3. The van der Waals surface area contributed by atoms with Gasteiger partial charge in [-0.1, -0.05) is 41.9 Å². The highest BCUT2D eigenvalue weighted by atomic mass is 35.5. The van der Waals surface area contributed by atoms with Crippen LogP contribution in [0.25, 0.3) is 11.3 Å². The van der Waals surface area contributed by atoms with Crippen LogP contribution < -0.4 is 11.1 Å². The molecule has 0 saturated heterocycles. The minimum atomic E-state index is -0.887. The van der Waals surface area contributed by atoms with Gasteiger partial charge in [0.05, 0.1) is 6.54 Å². The van der Waals surface area contributed by atoms with Crippen molar-refractivity contribution < 1.29 is 14.0 Å². The fraction of sp³-hybridized carbons (Fsp3) is 0.143. The summed E-state index contributed by atoms with van der Waals surface area (Å²) in [6.07, 6.45) is 0. The number of hydrogen-bond acceptors (Lipinski definition) is 4. The summed E-state index contributed by atoms with van der Waals surface area (Å²) >= 11 is 5.92. The average Bonchev–Trinajstić information content (AvgIpc) is 3.11. The molecule has 1 heterocycles. The van der Waals surface area contributed by atoms with Crippen molar-refractivity contribution in [3.63, 3.8) is 0 Å². The highest BCUT2D eigenvalue weighted by Crippen LogP contribution is 2.26. The Morgan fingerprint density at radius 1 is 1.07 bits per heavy atom. The molecule has 0 aliphatic heterocycles. The van der Waals surface area contributed by atoms with Crippen molar-refractivity contribution in [2.24, 2.45) is 5.73 Å². The number of nitrogens with two attached hydrogens (primary N) is 1. The largest absolute Gasteiger partial charge is 0.460 e. The number of likely N-dealkylation sites (N-methyl/N-ethyl adjacent to an activating group) is 1. The summed E-state index contributed by atoms with van der Waals surface area (Å²) in [7, 11) is 1.78. The molecule has 0 radical (unpaired) electrons. The number of halogens is 1. The van der Waals surface area contributed by atoms with Crippen LogP contribution >= 0.6 is 11.6 Å². The van der Waals surface area contributed by atoms with Gasteiger partial charge in [-0.15, -0.1) is 0 Å². The highest BCUT2D eigenvalue weighted by Gasteiger charge is 2.26. The zero-order valence-corrected chi connectivity index (χ0v) is 16.0. The molecule has 1 atom stereocenters. The van der Waals surface area contributed by atoms with E-state index >= 15 is 0 Å². The Morgan fingerprint density at radius 3 is 2.39 bits per heavy atom. The minimum Gasteiger partial charge on any atom is -0.460 e. The van der Waals surface area contributed by atoms with Crippen LogP contribution in [0.2, 0.25) is 5.02 Å². The molecule has 0 fully saturated rings. The summed E-state index contributed by atoms with van der Waals surface area (Å²) in [5.74, 6) is 0.892. The number of benzene rings is 2. The molecule has 0 saturated carbocycles. The Hall–Kier alpha value is -3.09. The van der Waals surface area contributed by atoms with Crippen LogP contribution in [0.1, 0.15) is 17.4 Å². The lowest BCUT2D eigenvalue weighted by atomic mass is 10.0. The normalized spacial score (nSPS) is 12.0. The number of hydrogen-bond donors (Lipinski definition) is 2. The summed E-state index contributed by atoms with van der Waals surface area (Å²) < 4.78 is 5.92. The van der Waals surface area contributed by atoms with E-state index in [4.69, 9.17) is 21.8 Å². The van der Waals surface area contributed by atoms with E-state index in [0.29, 0.717) is 23.1 Å². The van der Waals surface area contributed by atoms with Crippen LogP contribution in [0.4, 0.5) is 4.79 Å². The summed E-state index contributed by atoms with van der Waals surface area (Å²) in [4.78, 5) is 25.5. The number of nitrogens with zero attached hydrogens (tertiary/aromatic N) is 1. The second-order valence-electron chi connectivity index (χ2n) is 6.35. The topological polar surface area (TPSA) is 88.6 Å². The van der Waals surface area contributed by atoms with Crippen LogP contribution in [-0.2, 0) is 11.3 Å². The molecule has 28 heavy (non-hydrogen) atoms. The molecule has 0 unspecified atom stereocenters. The quantitative estimate of drug-likeness (QED) is 0.658. The van der Waals surface area contributed by atoms with Crippen molar-refractivity contribution in [3.05, 3.63) is 83.1 Å². The Morgan fingerprint density at radius 2 is 1.75 bits per heavy atom. The lowest BCUT2D eigenvalue weighted by molar-refractivity contribution is -0.125. The maximum absolute atomic E-state index is 12.5. The van der Waals surface area contributed by atoms with Crippen molar-refractivity contribution in [1.29, 1.82) is 0 Å². The predicted octanol–water partition coefficient (Wildman–Crippen LogP) is 3.97. The van der Waals surface area contributed by atoms with E-state index in [1.165, 1.54) is 0 Å². The van der Waals surface area contributed by atoms with Gasteiger partial charge in [0.25, 0.3) is 0 Å². The lowest BCUT2D eigenvalue weighted by Gasteiger charge is -2.26. The summed E-state index contributed by atoms with van der Waals surface area (Å²) in [6.45, 7) is 0.360. The second kappa shape index (κ2) is 8.73. The van der Waals surface area contributed by atoms with Gasteiger partial charge in [-0.2, -0.15) is 0 Å². The van der Waals surface area contributed by atoms with Crippen LogP contribution in [0, 0.1) is 0 Å². The Balaban J connectivity index is 1.80. The van der Waals surface area contributed by atoms with Crippen molar-refractivity contribution in [2.45, 2.75) is 12.6 Å². The molecule has 6 nitrogen and oxygen atoms in total. The van der Waals surface area contributed by atoms with Gasteiger partial charge >= 0.3 is 6.03 Å². The molecule has 0 bridgehead atoms. The van der Waals surface area contributed by atoms with Crippen LogP contribution in [0.15, 0.2) is 71.1 Å². The number of rotatable bonds is 6. The zero-order chi connectivity index (χ0) is 20.1. The number of amides is 3.